The van der Waals surface area contributed by atoms with Crippen molar-refractivity contribution < 1.29 is 0 Å². The van der Waals surface area contributed by atoms with Crippen LogP contribution >= 0.6 is 11.3 Å². The Hall–Kier alpha value is -1.24. The van der Waals surface area contributed by atoms with E-state index in [0.29, 0.717) is 12.6 Å². The van der Waals surface area contributed by atoms with Crippen LogP contribution in [0.15, 0.2) is 17.8 Å². The lowest BCUT2D eigenvalue weighted by molar-refractivity contribution is 0.269. The normalized spacial score (nSPS) is 21.7. The Morgan fingerprint density at radius 1 is 1.44 bits per heavy atom. The van der Waals surface area contributed by atoms with Gasteiger partial charge in [-0.05, 0) is 18.5 Å². The van der Waals surface area contributed by atoms with Gasteiger partial charge in [-0.15, -0.1) is 11.3 Å². The zero-order valence-corrected chi connectivity index (χ0v) is 11.2. The number of likely N-dealkylation sites (N-methyl/N-ethyl adjacent to an activating group) is 1. The van der Waals surface area contributed by atoms with Crippen molar-refractivity contribution in [3.05, 3.63) is 17.8 Å². The summed E-state index contributed by atoms with van der Waals surface area (Å²) in [5.41, 5.74) is 6.93. The maximum atomic E-state index is 5.90. The second kappa shape index (κ2) is 4.79. The van der Waals surface area contributed by atoms with Crippen molar-refractivity contribution in [2.24, 2.45) is 5.73 Å². The zero-order valence-electron chi connectivity index (χ0n) is 10.4. The molecule has 3 rings (SSSR count). The number of anilines is 1. The molecule has 18 heavy (non-hydrogen) atoms. The first kappa shape index (κ1) is 11.8. The third-order valence-electron chi connectivity index (χ3n) is 3.45. The molecule has 5 nitrogen and oxygen atoms in total. The van der Waals surface area contributed by atoms with E-state index in [4.69, 9.17) is 5.73 Å². The number of piperazine rings is 1. The summed E-state index contributed by atoms with van der Waals surface area (Å²) in [5, 5.41) is 2.07. The summed E-state index contributed by atoms with van der Waals surface area (Å²) in [5.74, 6) is 1.04. The van der Waals surface area contributed by atoms with Gasteiger partial charge in [0, 0.05) is 26.2 Å². The molecule has 2 N–H and O–H groups in total. The minimum absolute atomic E-state index is 0.337. The Balaban J connectivity index is 2.00. The van der Waals surface area contributed by atoms with Crippen molar-refractivity contribution in [1.82, 2.24) is 14.9 Å². The average Bonchev–Trinajstić information content (AvgIpc) is 2.86. The molecule has 2 aromatic heterocycles. The molecule has 6 heteroatoms. The molecule has 1 unspecified atom stereocenters. The number of thiophene rings is 1. The topological polar surface area (TPSA) is 58.3 Å². The monoisotopic (exact) mass is 263 g/mol. The highest BCUT2D eigenvalue weighted by atomic mass is 32.1. The second-order valence-corrected chi connectivity index (χ2v) is 5.59. The summed E-state index contributed by atoms with van der Waals surface area (Å²) in [4.78, 5) is 13.4. The third kappa shape index (κ3) is 1.96. The fourth-order valence-electron chi connectivity index (χ4n) is 2.47. The minimum Gasteiger partial charge on any atom is -0.348 e. The van der Waals surface area contributed by atoms with Gasteiger partial charge in [-0.25, -0.2) is 9.97 Å². The number of nitrogens with two attached hydrogens (primary N) is 1. The van der Waals surface area contributed by atoms with E-state index >= 15 is 0 Å². The van der Waals surface area contributed by atoms with Crippen molar-refractivity contribution in [2.75, 3.05) is 38.1 Å². The van der Waals surface area contributed by atoms with Crippen LogP contribution in [0.5, 0.6) is 0 Å². The van der Waals surface area contributed by atoms with Crippen LogP contribution in [0.1, 0.15) is 0 Å². The lowest BCUT2D eigenvalue weighted by atomic mass is 10.1. The van der Waals surface area contributed by atoms with Crippen LogP contribution in [0, 0.1) is 0 Å². The molecule has 0 bridgehead atoms. The Bertz CT molecular complexity index is 540. The number of rotatable bonds is 2. The van der Waals surface area contributed by atoms with Gasteiger partial charge in [0.15, 0.2) is 0 Å². The molecule has 96 valence electrons. The molecule has 1 atom stereocenters. The van der Waals surface area contributed by atoms with Gasteiger partial charge in [0.2, 0.25) is 0 Å². The van der Waals surface area contributed by atoms with Crippen molar-refractivity contribution >= 4 is 27.4 Å². The van der Waals surface area contributed by atoms with Crippen LogP contribution < -0.4 is 10.6 Å². The van der Waals surface area contributed by atoms with Gasteiger partial charge in [-0.1, -0.05) is 0 Å². The molecule has 2 aromatic rings. The minimum atomic E-state index is 0.337. The fraction of sp³-hybridized carbons (Fsp3) is 0.500. The molecule has 0 aromatic carbocycles. The molecule has 0 radical (unpaired) electrons. The van der Waals surface area contributed by atoms with Gasteiger partial charge in [0.05, 0.1) is 16.3 Å². The lowest BCUT2D eigenvalue weighted by Crippen LogP contribution is -2.55. The number of nitrogens with zero attached hydrogens (tertiary/aromatic N) is 4. The van der Waals surface area contributed by atoms with Gasteiger partial charge < -0.3 is 15.5 Å². The van der Waals surface area contributed by atoms with Crippen LogP contribution in [0.3, 0.4) is 0 Å². The quantitative estimate of drug-likeness (QED) is 0.867. The zero-order chi connectivity index (χ0) is 12.5. The predicted molar refractivity (Wildman–Crippen MR) is 75.1 cm³/mol. The Morgan fingerprint density at radius 3 is 3.17 bits per heavy atom. The van der Waals surface area contributed by atoms with Gasteiger partial charge in [0.1, 0.15) is 12.1 Å². The Kier molecular flexibility index (Phi) is 3.15. The highest BCUT2D eigenvalue weighted by Gasteiger charge is 2.26. The summed E-state index contributed by atoms with van der Waals surface area (Å²) >= 11 is 1.70. The number of hydrogen-bond acceptors (Lipinski definition) is 6. The van der Waals surface area contributed by atoms with Gasteiger partial charge in [-0.3, -0.25) is 0 Å². The fourth-order valence-corrected chi connectivity index (χ4v) is 3.32. The van der Waals surface area contributed by atoms with Crippen molar-refractivity contribution in [1.29, 1.82) is 0 Å². The average molecular weight is 263 g/mol. The van der Waals surface area contributed by atoms with E-state index in [1.54, 1.807) is 17.7 Å². The SMILES string of the molecule is CN1CCN(c2ncnc3ccsc23)C(CN)C1. The lowest BCUT2D eigenvalue weighted by Gasteiger charge is -2.40. The van der Waals surface area contributed by atoms with E-state index in [1.165, 1.54) is 4.70 Å². The molecule has 0 amide bonds. The molecular formula is C12H17N5S. The highest BCUT2D eigenvalue weighted by Crippen LogP contribution is 2.29. The summed E-state index contributed by atoms with van der Waals surface area (Å²) in [6.45, 7) is 3.67. The van der Waals surface area contributed by atoms with Crippen LogP contribution in [-0.4, -0.2) is 54.1 Å². The molecule has 0 saturated carbocycles. The van der Waals surface area contributed by atoms with Crippen molar-refractivity contribution in [2.45, 2.75) is 6.04 Å². The maximum absolute atomic E-state index is 5.90. The van der Waals surface area contributed by atoms with E-state index in [9.17, 15) is 0 Å². The third-order valence-corrected chi connectivity index (χ3v) is 4.35. The number of aromatic nitrogens is 2. The molecule has 0 spiro atoms. The van der Waals surface area contributed by atoms with Crippen molar-refractivity contribution in [3.8, 4) is 0 Å². The number of fused-ring (bicyclic) bond motifs is 1. The first-order chi connectivity index (χ1) is 8.79. The van der Waals surface area contributed by atoms with Crippen LogP contribution in [-0.2, 0) is 0 Å². The highest BCUT2D eigenvalue weighted by molar-refractivity contribution is 7.17. The Labute approximate surface area is 110 Å². The van der Waals surface area contributed by atoms with Crippen LogP contribution in [0.25, 0.3) is 10.2 Å². The molecule has 1 saturated heterocycles. The maximum Gasteiger partial charge on any atom is 0.150 e. The van der Waals surface area contributed by atoms with Crippen LogP contribution in [0.2, 0.25) is 0 Å². The van der Waals surface area contributed by atoms with E-state index in [2.05, 4.69) is 32.2 Å². The predicted octanol–water partition coefficient (Wildman–Crippen LogP) is 0.770. The number of hydrogen-bond donors (Lipinski definition) is 1. The first-order valence-electron chi connectivity index (χ1n) is 6.13. The molecular weight excluding hydrogens is 246 g/mol. The van der Waals surface area contributed by atoms with E-state index < -0.39 is 0 Å². The molecule has 0 aliphatic carbocycles. The second-order valence-electron chi connectivity index (χ2n) is 4.68. The smallest absolute Gasteiger partial charge is 0.150 e. The summed E-state index contributed by atoms with van der Waals surface area (Å²) in [6, 6.07) is 2.38. The van der Waals surface area contributed by atoms with E-state index in [1.807, 2.05) is 6.07 Å². The van der Waals surface area contributed by atoms with Gasteiger partial charge in [0.25, 0.3) is 0 Å². The summed E-state index contributed by atoms with van der Waals surface area (Å²) in [6.07, 6.45) is 1.65. The molecule has 1 aliphatic heterocycles. The van der Waals surface area contributed by atoms with E-state index in [-0.39, 0.29) is 0 Å². The van der Waals surface area contributed by atoms with Gasteiger partial charge in [-0.2, -0.15) is 0 Å². The van der Waals surface area contributed by atoms with Gasteiger partial charge >= 0.3 is 0 Å². The Morgan fingerprint density at radius 2 is 2.33 bits per heavy atom. The standard InChI is InChI=1S/C12H17N5S/c1-16-3-4-17(9(6-13)7-16)12-11-10(2-5-18-11)14-8-15-12/h2,5,8-9H,3-4,6-7,13H2,1H3. The molecule has 3 heterocycles. The summed E-state index contributed by atoms with van der Waals surface area (Å²) < 4.78 is 1.17. The van der Waals surface area contributed by atoms with Crippen molar-refractivity contribution in [3.63, 3.8) is 0 Å². The van der Waals surface area contributed by atoms with Crippen LogP contribution in [0.4, 0.5) is 5.82 Å². The largest absolute Gasteiger partial charge is 0.348 e. The molecule has 1 fully saturated rings. The molecule has 1 aliphatic rings. The summed E-state index contributed by atoms with van der Waals surface area (Å²) in [7, 11) is 2.14. The first-order valence-corrected chi connectivity index (χ1v) is 7.01. The van der Waals surface area contributed by atoms with E-state index in [0.717, 1.165) is 31.0 Å².